The van der Waals surface area contributed by atoms with Crippen LogP contribution in [0.1, 0.15) is 62.4 Å². The van der Waals surface area contributed by atoms with Gasteiger partial charge in [0, 0.05) is 13.0 Å². The van der Waals surface area contributed by atoms with Crippen molar-refractivity contribution in [2.45, 2.75) is 57.4 Å². The number of nitrogens with zero attached hydrogens (tertiary/aromatic N) is 1. The van der Waals surface area contributed by atoms with Gasteiger partial charge in [0.15, 0.2) is 11.6 Å². The molecule has 1 unspecified atom stereocenters. The summed E-state index contributed by atoms with van der Waals surface area (Å²) >= 11 is 1.80. The van der Waals surface area contributed by atoms with E-state index >= 15 is 0 Å². The van der Waals surface area contributed by atoms with Crippen LogP contribution in [-0.4, -0.2) is 30.5 Å². The van der Waals surface area contributed by atoms with Gasteiger partial charge in [-0.3, -0.25) is 4.79 Å². The van der Waals surface area contributed by atoms with Crippen LogP contribution >= 0.6 is 11.3 Å². The molecule has 0 spiro atoms. The average molecular weight is 385 g/mol. The molecule has 1 aromatic heterocycles. The van der Waals surface area contributed by atoms with Crippen molar-refractivity contribution in [3.63, 3.8) is 0 Å². The highest BCUT2D eigenvalue weighted by atomic mass is 32.1. The number of para-hydroxylation sites is 1. The first-order valence-electron chi connectivity index (χ1n) is 10.4. The van der Waals surface area contributed by atoms with Gasteiger partial charge in [0.1, 0.15) is 6.04 Å². The highest BCUT2D eigenvalue weighted by molar-refractivity contribution is 7.18. The molecular weight excluding hydrogens is 354 g/mol. The van der Waals surface area contributed by atoms with Crippen molar-refractivity contribution >= 4 is 27.5 Å². The molecule has 1 amide bonds. The Morgan fingerprint density at radius 3 is 3.00 bits per heavy atom. The van der Waals surface area contributed by atoms with E-state index in [0.29, 0.717) is 12.6 Å². The third-order valence-corrected chi connectivity index (χ3v) is 7.03. The Morgan fingerprint density at radius 2 is 2.15 bits per heavy atom. The summed E-state index contributed by atoms with van der Waals surface area (Å²) in [5.74, 6) is 0.189. The van der Waals surface area contributed by atoms with Gasteiger partial charge in [-0.15, -0.1) is 11.3 Å². The van der Waals surface area contributed by atoms with Gasteiger partial charge < -0.3 is 10.2 Å². The number of carbonyl (C=O) groups excluding carboxylic acids is 1. The number of quaternary nitrogens is 1. The second kappa shape index (κ2) is 8.98. The minimum absolute atomic E-state index is 0.189. The zero-order valence-corrected chi connectivity index (χ0v) is 16.8. The number of amides is 1. The van der Waals surface area contributed by atoms with E-state index in [-0.39, 0.29) is 5.91 Å². The molecule has 4 rings (SSSR count). The van der Waals surface area contributed by atoms with Crippen LogP contribution < -0.4 is 10.2 Å². The van der Waals surface area contributed by atoms with Gasteiger partial charge in [0.05, 0.1) is 16.8 Å². The Bertz CT molecular complexity index is 780. The highest BCUT2D eigenvalue weighted by Gasteiger charge is 2.31. The first kappa shape index (κ1) is 18.6. The molecule has 1 aliphatic carbocycles. The van der Waals surface area contributed by atoms with Gasteiger partial charge in [-0.2, -0.15) is 0 Å². The van der Waals surface area contributed by atoms with Crippen molar-refractivity contribution in [3.8, 4) is 0 Å². The van der Waals surface area contributed by atoms with E-state index in [2.05, 4.69) is 29.6 Å². The smallest absolute Gasteiger partial charge is 0.275 e. The summed E-state index contributed by atoms with van der Waals surface area (Å²) in [6.07, 6.45) is 12.0. The van der Waals surface area contributed by atoms with E-state index in [0.717, 1.165) is 31.4 Å². The van der Waals surface area contributed by atoms with E-state index in [1.54, 1.807) is 11.3 Å². The van der Waals surface area contributed by atoms with Crippen molar-refractivity contribution in [1.82, 2.24) is 10.3 Å². The van der Waals surface area contributed by atoms with Crippen LogP contribution in [0.15, 0.2) is 35.9 Å². The molecular formula is C22H30N3OS+. The van der Waals surface area contributed by atoms with E-state index in [9.17, 15) is 4.79 Å². The zero-order valence-electron chi connectivity index (χ0n) is 16.0. The van der Waals surface area contributed by atoms with Crippen LogP contribution in [-0.2, 0) is 4.79 Å². The van der Waals surface area contributed by atoms with Crippen molar-refractivity contribution in [2.75, 3.05) is 19.6 Å². The maximum Gasteiger partial charge on any atom is 0.275 e. The van der Waals surface area contributed by atoms with E-state index in [4.69, 9.17) is 4.98 Å². The Morgan fingerprint density at radius 1 is 1.22 bits per heavy atom. The third-order valence-electron chi connectivity index (χ3n) is 5.88. The minimum Gasteiger partial charge on any atom is -0.351 e. The van der Waals surface area contributed by atoms with Crippen molar-refractivity contribution < 1.29 is 9.69 Å². The molecule has 144 valence electrons. The molecule has 2 N–H and O–H groups in total. The quantitative estimate of drug-likeness (QED) is 0.750. The fourth-order valence-corrected chi connectivity index (χ4v) is 5.55. The number of carbonyl (C=O) groups is 1. The van der Waals surface area contributed by atoms with E-state index < -0.39 is 0 Å². The van der Waals surface area contributed by atoms with Gasteiger partial charge in [-0.25, -0.2) is 4.98 Å². The molecule has 4 nitrogen and oxygen atoms in total. The zero-order chi connectivity index (χ0) is 18.5. The molecule has 0 radical (unpaired) electrons. The molecule has 1 fully saturated rings. The van der Waals surface area contributed by atoms with Crippen LogP contribution in [0.4, 0.5) is 0 Å². The number of likely N-dealkylation sites (tertiary alicyclic amines) is 1. The molecule has 2 aliphatic rings. The summed E-state index contributed by atoms with van der Waals surface area (Å²) in [5.41, 5.74) is 2.62. The summed E-state index contributed by atoms with van der Waals surface area (Å²) in [7, 11) is 0. The van der Waals surface area contributed by atoms with E-state index in [1.807, 2.05) is 6.07 Å². The Hall–Kier alpha value is -1.72. The summed E-state index contributed by atoms with van der Waals surface area (Å²) in [6, 6.07) is 8.72. The molecule has 2 atom stereocenters. The number of allylic oxidation sites excluding steroid dienone is 1. The van der Waals surface area contributed by atoms with Crippen LogP contribution in [0.5, 0.6) is 0 Å². The lowest BCUT2D eigenvalue weighted by Gasteiger charge is -2.30. The lowest BCUT2D eigenvalue weighted by atomic mass is 9.97. The second-order valence-corrected chi connectivity index (χ2v) is 8.92. The topological polar surface area (TPSA) is 46.4 Å². The first-order valence-corrected chi connectivity index (χ1v) is 11.3. The van der Waals surface area contributed by atoms with Gasteiger partial charge in [0.2, 0.25) is 0 Å². The fourth-order valence-electron chi connectivity index (χ4n) is 4.39. The number of benzene rings is 1. The van der Waals surface area contributed by atoms with Crippen molar-refractivity contribution in [3.05, 3.63) is 40.9 Å². The van der Waals surface area contributed by atoms with Crippen molar-refractivity contribution in [2.24, 2.45) is 0 Å². The number of thiazole rings is 1. The van der Waals surface area contributed by atoms with Crippen LogP contribution in [0.25, 0.3) is 10.2 Å². The minimum atomic E-state index is 0.189. The number of rotatable bonds is 6. The lowest BCUT2D eigenvalue weighted by Crippen LogP contribution is -3.14. The van der Waals surface area contributed by atoms with Gasteiger partial charge >= 0.3 is 0 Å². The maximum atomic E-state index is 12.5. The van der Waals surface area contributed by atoms with Crippen LogP contribution in [0, 0.1) is 0 Å². The fraction of sp³-hybridized carbons (Fsp3) is 0.545. The number of hydrogen-bond acceptors (Lipinski definition) is 3. The summed E-state index contributed by atoms with van der Waals surface area (Å²) in [6.45, 7) is 2.42. The lowest BCUT2D eigenvalue weighted by molar-refractivity contribution is -0.929. The number of fused-ring (bicyclic) bond motifs is 1. The van der Waals surface area contributed by atoms with Gasteiger partial charge in [-0.1, -0.05) is 23.8 Å². The molecule has 2 heterocycles. The molecule has 0 bridgehead atoms. The van der Waals surface area contributed by atoms with Crippen molar-refractivity contribution in [1.29, 1.82) is 0 Å². The standard InChI is InChI=1S/C22H29N3OS/c26-21(23-14-13-17-8-2-1-3-9-17)16-25-15-7-6-11-19(25)22-24-18-10-4-5-12-20(18)27-22/h4-5,8,10,12,19H,1-3,6-7,9,11,13-16H2,(H,23,26)/p+1/t19-/m1/s1. The summed E-state index contributed by atoms with van der Waals surface area (Å²) < 4.78 is 1.25. The Balaban J connectivity index is 1.34. The average Bonchev–Trinajstić information content (AvgIpc) is 3.13. The number of hydrogen-bond donors (Lipinski definition) is 2. The predicted octanol–water partition coefficient (Wildman–Crippen LogP) is 3.41. The molecule has 1 saturated heterocycles. The van der Waals surface area contributed by atoms with Crippen LogP contribution in [0.2, 0.25) is 0 Å². The maximum absolute atomic E-state index is 12.5. The second-order valence-electron chi connectivity index (χ2n) is 7.86. The summed E-state index contributed by atoms with van der Waals surface area (Å²) in [4.78, 5) is 18.8. The van der Waals surface area contributed by atoms with Gasteiger partial charge in [0.25, 0.3) is 5.91 Å². The SMILES string of the molecule is O=C(C[NH+]1CCCC[C@@H]1c1nc2ccccc2s1)NCCC1=CCCCC1. The van der Waals surface area contributed by atoms with E-state index in [1.165, 1.54) is 58.7 Å². The molecule has 1 aliphatic heterocycles. The molecule has 5 heteroatoms. The largest absolute Gasteiger partial charge is 0.351 e. The normalized spacial score (nSPS) is 23.2. The number of aromatic nitrogens is 1. The highest BCUT2D eigenvalue weighted by Crippen LogP contribution is 2.28. The molecule has 1 aromatic carbocycles. The molecule has 27 heavy (non-hydrogen) atoms. The number of piperidine rings is 1. The van der Waals surface area contributed by atoms with Crippen LogP contribution in [0.3, 0.4) is 0 Å². The number of nitrogens with one attached hydrogen (secondary N) is 2. The Labute approximate surface area is 165 Å². The monoisotopic (exact) mass is 384 g/mol. The molecule has 0 saturated carbocycles. The predicted molar refractivity (Wildman–Crippen MR) is 111 cm³/mol. The molecule has 2 aromatic rings. The Kier molecular flexibility index (Phi) is 6.20. The summed E-state index contributed by atoms with van der Waals surface area (Å²) in [5, 5.41) is 4.36. The third kappa shape index (κ3) is 4.77. The first-order chi connectivity index (χ1) is 13.3. The van der Waals surface area contributed by atoms with Gasteiger partial charge in [-0.05, 0) is 57.1 Å².